The van der Waals surface area contributed by atoms with E-state index in [9.17, 15) is 66.3 Å². The van der Waals surface area contributed by atoms with E-state index >= 15 is 0 Å². The zero-order valence-corrected chi connectivity index (χ0v) is 27.5. The zero-order chi connectivity index (χ0) is 37.8. The second-order valence-corrected chi connectivity index (χ2v) is 14.5. The number of aliphatic hydroxyl groups excluding tert-OH is 3. The fourth-order valence-corrected chi connectivity index (χ4v) is 9.17. The van der Waals surface area contributed by atoms with Gasteiger partial charge >= 0.3 is 12.4 Å². The number of Topliss-reactive ketones (excluding diaryl/α,β-unsaturated/α-hetero) is 2. The van der Waals surface area contributed by atoms with Gasteiger partial charge < -0.3 is 31.3 Å². The lowest BCUT2D eigenvalue weighted by Crippen LogP contribution is -2.83. The number of alkyl halides is 6. The minimum atomic E-state index is -5.11. The number of rotatable bonds is 4. The van der Waals surface area contributed by atoms with Crippen molar-refractivity contribution >= 4 is 29.6 Å². The van der Waals surface area contributed by atoms with E-state index in [2.05, 4.69) is 0 Å². The SMILES string of the molecule is CC(C)[C@H]1C(O)[C@@H](C(N)=O)C(=O)[C@]2(O)C(O)[C@H]3C(=O)c4c(ccc(C=Cc5cc(C(F)(F)F)cc(C(F)(F)F)c5)c4O)[C@@H](C)[C@]3(C)[C@@H](O)[C@]12C. The molecule has 2 unspecified atom stereocenters. The molecule has 5 rings (SSSR count). The topological polar surface area (TPSA) is 178 Å². The highest BCUT2D eigenvalue weighted by atomic mass is 19.4. The first kappa shape index (κ1) is 37.5. The van der Waals surface area contributed by atoms with Crippen molar-refractivity contribution in [2.75, 3.05) is 0 Å². The number of fused-ring (bicyclic) bond motifs is 3. The van der Waals surface area contributed by atoms with E-state index in [0.29, 0.717) is 12.1 Å². The summed E-state index contributed by atoms with van der Waals surface area (Å²) in [5.41, 5.74) is -5.41. The van der Waals surface area contributed by atoms with Crippen molar-refractivity contribution in [2.45, 2.75) is 76.8 Å². The Kier molecular flexibility index (Phi) is 8.71. The quantitative estimate of drug-likeness (QED) is 0.154. The lowest BCUT2D eigenvalue weighted by molar-refractivity contribution is -0.306. The molecule has 2 aromatic rings. The number of aromatic hydroxyl groups is 1. The maximum Gasteiger partial charge on any atom is 0.416 e. The monoisotopic (exact) mass is 713 g/mol. The average Bonchev–Trinajstić information content (AvgIpc) is 2.99. The molecule has 15 heteroatoms. The number of carbonyl (C=O) groups is 3. The van der Waals surface area contributed by atoms with E-state index in [4.69, 9.17) is 5.73 Å². The molecular formula is C35H37F6NO8. The molecule has 9 nitrogen and oxygen atoms in total. The molecule has 2 fully saturated rings. The van der Waals surface area contributed by atoms with Crippen molar-refractivity contribution in [3.63, 3.8) is 0 Å². The molecule has 7 N–H and O–H groups in total. The maximum absolute atomic E-state index is 14.4. The third-order valence-corrected chi connectivity index (χ3v) is 11.7. The first-order chi connectivity index (χ1) is 22.8. The lowest BCUT2D eigenvalue weighted by atomic mass is 9.36. The lowest BCUT2D eigenvalue weighted by Gasteiger charge is -2.69. The second kappa shape index (κ2) is 11.6. The fraction of sp³-hybridized carbons (Fsp3) is 0.514. The largest absolute Gasteiger partial charge is 0.507 e. The summed E-state index contributed by atoms with van der Waals surface area (Å²) in [6.45, 7) is 7.54. The number of hydrogen-bond acceptors (Lipinski definition) is 8. The van der Waals surface area contributed by atoms with Crippen molar-refractivity contribution in [1.29, 1.82) is 0 Å². The van der Waals surface area contributed by atoms with E-state index in [0.717, 1.165) is 12.2 Å². The Morgan fingerprint density at radius 2 is 1.48 bits per heavy atom. The summed E-state index contributed by atoms with van der Waals surface area (Å²) in [5.74, 6) is -11.0. The van der Waals surface area contributed by atoms with Gasteiger partial charge in [0.05, 0.1) is 34.8 Å². The summed E-state index contributed by atoms with van der Waals surface area (Å²) in [6.07, 6.45) is -14.2. The molecule has 272 valence electrons. The predicted molar refractivity (Wildman–Crippen MR) is 165 cm³/mol. The van der Waals surface area contributed by atoms with E-state index < -0.39 is 122 Å². The summed E-state index contributed by atoms with van der Waals surface area (Å²) in [7, 11) is 0. The number of halogens is 6. The van der Waals surface area contributed by atoms with Crippen LogP contribution in [0.15, 0.2) is 30.3 Å². The summed E-state index contributed by atoms with van der Waals surface area (Å²) >= 11 is 0. The Labute approximate surface area is 282 Å². The van der Waals surface area contributed by atoms with Gasteiger partial charge in [-0.05, 0) is 47.1 Å². The van der Waals surface area contributed by atoms with E-state index in [1.165, 1.54) is 26.0 Å². The van der Waals surface area contributed by atoms with Crippen LogP contribution >= 0.6 is 0 Å². The molecular weight excluding hydrogens is 676 g/mol. The average molecular weight is 714 g/mol. The molecule has 2 saturated carbocycles. The van der Waals surface area contributed by atoms with Gasteiger partial charge in [-0.1, -0.05) is 58.9 Å². The molecule has 0 bridgehead atoms. The summed E-state index contributed by atoms with van der Waals surface area (Å²) in [5, 5.41) is 59.1. The molecule has 0 heterocycles. The van der Waals surface area contributed by atoms with Gasteiger partial charge in [0.2, 0.25) is 5.91 Å². The number of amides is 1. The Balaban J connectivity index is 1.67. The molecule has 0 aliphatic heterocycles. The van der Waals surface area contributed by atoms with Gasteiger partial charge in [-0.25, -0.2) is 0 Å². The number of phenols is 1. The molecule has 2 aromatic carbocycles. The smallest absolute Gasteiger partial charge is 0.416 e. The highest BCUT2D eigenvalue weighted by Gasteiger charge is 2.80. The number of aliphatic hydroxyl groups is 4. The standard InChI is InChI=1S/C35H37F6NO8/c1-13(2)22-26(45)21(29(42)48)27(46)33(50)28(47)23-25(44)20-19(14(3)31(23,4)30(49)32(22,33)5)9-8-16(24(20)43)7-6-15-10-17(34(36,37)38)12-18(11-15)35(39,40)41/h6-14,21-23,26,28,30,43,45,47,49-50H,1-5H3,(H2,42,48)/t14-,21-,22+,23-,26?,28?,30-,31+,32+,33+/m1/s1. The minimum absolute atomic E-state index is 0.0413. The van der Waals surface area contributed by atoms with Crippen LogP contribution in [0.25, 0.3) is 12.2 Å². The molecule has 1 amide bonds. The van der Waals surface area contributed by atoms with E-state index in [1.807, 2.05) is 0 Å². The molecule has 0 radical (unpaired) electrons. The van der Waals surface area contributed by atoms with Crippen LogP contribution in [0.1, 0.15) is 78.7 Å². The van der Waals surface area contributed by atoms with Crippen LogP contribution in [0.3, 0.4) is 0 Å². The number of carbonyl (C=O) groups excluding carboxylic acids is 3. The molecule has 50 heavy (non-hydrogen) atoms. The van der Waals surface area contributed by atoms with Gasteiger partial charge in [0.25, 0.3) is 0 Å². The molecule has 10 atom stereocenters. The maximum atomic E-state index is 14.4. The van der Waals surface area contributed by atoms with Crippen LogP contribution in [0.2, 0.25) is 0 Å². The Bertz CT molecular complexity index is 1770. The van der Waals surface area contributed by atoms with Crippen LogP contribution in [-0.2, 0) is 21.9 Å². The second-order valence-electron chi connectivity index (χ2n) is 14.5. The number of nitrogens with two attached hydrogens (primary N) is 1. The molecule has 0 spiro atoms. The summed E-state index contributed by atoms with van der Waals surface area (Å²) in [4.78, 5) is 40.7. The van der Waals surface area contributed by atoms with Crippen LogP contribution in [0.5, 0.6) is 5.75 Å². The highest BCUT2D eigenvalue weighted by molar-refractivity contribution is 6.09. The third-order valence-electron chi connectivity index (χ3n) is 11.7. The predicted octanol–water partition coefficient (Wildman–Crippen LogP) is 4.31. The first-order valence-electron chi connectivity index (χ1n) is 15.8. The Morgan fingerprint density at radius 3 is 1.96 bits per heavy atom. The van der Waals surface area contributed by atoms with Crippen LogP contribution in [0, 0.1) is 34.5 Å². The summed E-state index contributed by atoms with van der Waals surface area (Å²) in [6, 6.07) is 3.54. The fourth-order valence-electron chi connectivity index (χ4n) is 9.17. The molecule has 3 aliphatic rings. The highest BCUT2D eigenvalue weighted by Crippen LogP contribution is 2.68. The van der Waals surface area contributed by atoms with Gasteiger partial charge in [-0.3, -0.25) is 14.4 Å². The number of benzene rings is 2. The van der Waals surface area contributed by atoms with Gasteiger partial charge in [0.1, 0.15) is 17.8 Å². The van der Waals surface area contributed by atoms with Crippen molar-refractivity contribution in [2.24, 2.45) is 40.2 Å². The van der Waals surface area contributed by atoms with Crippen molar-refractivity contribution in [3.05, 3.63) is 63.7 Å². The van der Waals surface area contributed by atoms with Crippen molar-refractivity contribution in [3.8, 4) is 5.75 Å². The van der Waals surface area contributed by atoms with Crippen LogP contribution in [-0.4, -0.2) is 66.9 Å². The van der Waals surface area contributed by atoms with Crippen LogP contribution in [0.4, 0.5) is 26.3 Å². The van der Waals surface area contributed by atoms with Gasteiger partial charge in [0.15, 0.2) is 17.2 Å². The Hall–Kier alpha value is -3.79. The Morgan fingerprint density at radius 1 is 0.940 bits per heavy atom. The zero-order valence-electron chi connectivity index (χ0n) is 27.5. The van der Waals surface area contributed by atoms with Gasteiger partial charge in [0, 0.05) is 16.4 Å². The number of phenolic OH excluding ortho intramolecular Hbond substituents is 1. The van der Waals surface area contributed by atoms with Gasteiger partial charge in [-0.2, -0.15) is 26.3 Å². The van der Waals surface area contributed by atoms with E-state index in [1.54, 1.807) is 20.8 Å². The minimum Gasteiger partial charge on any atom is -0.507 e. The van der Waals surface area contributed by atoms with Crippen molar-refractivity contribution in [1.82, 2.24) is 0 Å². The third kappa shape index (κ3) is 4.94. The number of primary amides is 1. The van der Waals surface area contributed by atoms with Gasteiger partial charge in [-0.15, -0.1) is 0 Å². The van der Waals surface area contributed by atoms with Crippen LogP contribution < -0.4 is 5.73 Å². The summed E-state index contributed by atoms with van der Waals surface area (Å²) < 4.78 is 80.4. The van der Waals surface area contributed by atoms with E-state index in [-0.39, 0.29) is 17.2 Å². The number of ketones is 2. The molecule has 3 aliphatic carbocycles. The molecule has 0 saturated heterocycles. The molecule has 0 aromatic heterocycles. The first-order valence-corrected chi connectivity index (χ1v) is 15.8. The van der Waals surface area contributed by atoms with Crippen molar-refractivity contribution < 1.29 is 66.3 Å². The normalized spacial score (nSPS) is 36.0. The number of hydrogen-bond donors (Lipinski definition) is 6.